The summed E-state index contributed by atoms with van der Waals surface area (Å²) in [6.07, 6.45) is 2.71. The van der Waals surface area contributed by atoms with Crippen molar-refractivity contribution >= 4 is 5.91 Å². The molecule has 0 aliphatic rings. The van der Waals surface area contributed by atoms with Crippen LogP contribution in [0, 0.1) is 0 Å². The van der Waals surface area contributed by atoms with Crippen LogP contribution in [0.4, 0.5) is 0 Å². The van der Waals surface area contributed by atoms with Crippen LogP contribution in [-0.2, 0) is 16.1 Å². The smallest absolute Gasteiger partial charge is 0.249 e. The third-order valence-corrected chi connectivity index (χ3v) is 3.42. The number of furan rings is 1. The second-order valence-electron chi connectivity index (χ2n) is 4.82. The number of carbonyl (C=O) groups is 1. The quantitative estimate of drug-likeness (QED) is 0.754. The number of rotatable bonds is 8. The Hall–Kier alpha value is -1.33. The minimum Gasteiger partial charge on any atom is -0.467 e. The summed E-state index contributed by atoms with van der Waals surface area (Å²) >= 11 is 0. The summed E-state index contributed by atoms with van der Waals surface area (Å²) in [5.74, 6) is 0.557. The molecule has 1 amide bonds. The van der Waals surface area contributed by atoms with E-state index in [1.54, 1.807) is 19.3 Å². The first kappa shape index (κ1) is 15.7. The maximum absolute atomic E-state index is 11.8. The van der Waals surface area contributed by atoms with Crippen molar-refractivity contribution in [2.24, 2.45) is 5.73 Å². The average molecular weight is 268 g/mol. The van der Waals surface area contributed by atoms with Crippen molar-refractivity contribution in [2.75, 3.05) is 6.61 Å². The van der Waals surface area contributed by atoms with Gasteiger partial charge < -0.3 is 20.2 Å². The van der Waals surface area contributed by atoms with Crippen LogP contribution in [0.2, 0.25) is 0 Å². The summed E-state index contributed by atoms with van der Waals surface area (Å²) in [6, 6.07) is 3.59. The highest BCUT2D eigenvalue weighted by Gasteiger charge is 2.23. The molecule has 108 valence electrons. The van der Waals surface area contributed by atoms with E-state index in [2.05, 4.69) is 5.32 Å². The number of hydrogen-bond acceptors (Lipinski definition) is 4. The van der Waals surface area contributed by atoms with Gasteiger partial charge in [0, 0.05) is 5.54 Å². The van der Waals surface area contributed by atoms with E-state index in [0.717, 1.165) is 18.6 Å². The normalized spacial score (nSPS) is 13.3. The zero-order valence-electron chi connectivity index (χ0n) is 11.9. The Kier molecular flexibility index (Phi) is 6.05. The predicted octanol–water partition coefficient (Wildman–Crippen LogP) is 1.82. The van der Waals surface area contributed by atoms with Crippen molar-refractivity contribution in [1.29, 1.82) is 0 Å². The molecule has 1 atom stereocenters. The van der Waals surface area contributed by atoms with Crippen molar-refractivity contribution in [1.82, 2.24) is 5.32 Å². The fraction of sp³-hybridized carbons (Fsp3) is 0.643. The molecule has 0 radical (unpaired) electrons. The van der Waals surface area contributed by atoms with Gasteiger partial charge in [-0.15, -0.1) is 0 Å². The summed E-state index contributed by atoms with van der Waals surface area (Å²) in [7, 11) is 0. The first-order valence-corrected chi connectivity index (χ1v) is 6.71. The van der Waals surface area contributed by atoms with Gasteiger partial charge in [0.1, 0.15) is 11.9 Å². The first-order valence-electron chi connectivity index (χ1n) is 6.71. The van der Waals surface area contributed by atoms with Crippen LogP contribution < -0.4 is 11.1 Å². The average Bonchev–Trinajstić information content (AvgIpc) is 2.95. The minimum atomic E-state index is -0.518. The lowest BCUT2D eigenvalue weighted by molar-refractivity contribution is -0.133. The van der Waals surface area contributed by atoms with E-state index >= 15 is 0 Å². The van der Waals surface area contributed by atoms with Gasteiger partial charge in [-0.25, -0.2) is 0 Å². The predicted molar refractivity (Wildman–Crippen MR) is 73.5 cm³/mol. The van der Waals surface area contributed by atoms with Crippen LogP contribution in [0.1, 0.15) is 39.4 Å². The number of carbonyl (C=O) groups excluding carboxylic acids is 1. The number of hydrogen-bond donors (Lipinski definition) is 2. The lowest BCUT2D eigenvalue weighted by atomic mass is 9.95. The monoisotopic (exact) mass is 268 g/mol. The molecule has 3 N–H and O–H groups in total. The van der Waals surface area contributed by atoms with Gasteiger partial charge in [-0.3, -0.25) is 4.79 Å². The van der Waals surface area contributed by atoms with Crippen LogP contribution in [0.5, 0.6) is 0 Å². The molecule has 0 aliphatic carbocycles. The van der Waals surface area contributed by atoms with Gasteiger partial charge in [-0.1, -0.05) is 13.8 Å². The lowest BCUT2D eigenvalue weighted by Crippen LogP contribution is -2.46. The minimum absolute atomic E-state index is 0.161. The number of nitrogens with two attached hydrogens (primary N) is 1. The van der Waals surface area contributed by atoms with Gasteiger partial charge in [0.15, 0.2) is 0 Å². The molecule has 0 spiro atoms. The standard InChI is InChI=1S/C14H24N2O3/c1-4-14(15,5-2)10-19-11(3)13(17)16-9-12-7-6-8-18-12/h6-8,11H,4-5,9-10,15H2,1-3H3,(H,16,17). The zero-order chi connectivity index (χ0) is 14.3. The molecule has 0 aliphatic heterocycles. The van der Waals surface area contributed by atoms with Gasteiger partial charge in [-0.2, -0.15) is 0 Å². The highest BCUT2D eigenvalue weighted by Crippen LogP contribution is 2.12. The molecule has 5 heteroatoms. The van der Waals surface area contributed by atoms with E-state index in [1.165, 1.54) is 0 Å². The topological polar surface area (TPSA) is 77.5 Å². The Morgan fingerprint density at radius 2 is 2.21 bits per heavy atom. The van der Waals surface area contributed by atoms with Gasteiger partial charge in [0.2, 0.25) is 5.91 Å². The second-order valence-corrected chi connectivity index (χ2v) is 4.82. The summed E-state index contributed by atoms with van der Waals surface area (Å²) in [6.45, 7) is 6.52. The fourth-order valence-corrected chi connectivity index (χ4v) is 1.55. The van der Waals surface area contributed by atoms with Crippen molar-refractivity contribution in [2.45, 2.75) is 51.8 Å². The van der Waals surface area contributed by atoms with Crippen molar-refractivity contribution < 1.29 is 13.9 Å². The van der Waals surface area contributed by atoms with E-state index in [-0.39, 0.29) is 11.4 Å². The molecule has 1 aromatic heterocycles. The van der Waals surface area contributed by atoms with Gasteiger partial charge in [-0.05, 0) is 31.9 Å². The lowest BCUT2D eigenvalue weighted by Gasteiger charge is -2.27. The summed E-state index contributed by atoms with van der Waals surface area (Å²) in [5.41, 5.74) is 5.77. The summed E-state index contributed by atoms with van der Waals surface area (Å²) in [4.78, 5) is 11.8. The van der Waals surface area contributed by atoms with Gasteiger partial charge in [0.25, 0.3) is 0 Å². The molecule has 5 nitrogen and oxygen atoms in total. The van der Waals surface area contributed by atoms with E-state index in [9.17, 15) is 4.79 Å². The maximum Gasteiger partial charge on any atom is 0.249 e. The van der Waals surface area contributed by atoms with Crippen molar-refractivity contribution in [3.8, 4) is 0 Å². The SMILES string of the molecule is CCC(N)(CC)COC(C)C(=O)NCc1ccco1. The molecule has 19 heavy (non-hydrogen) atoms. The number of ether oxygens (including phenoxy) is 1. The Bertz CT molecular complexity index is 372. The molecule has 1 heterocycles. The van der Waals surface area contributed by atoms with Crippen LogP contribution in [-0.4, -0.2) is 24.2 Å². The highest BCUT2D eigenvalue weighted by atomic mass is 16.5. The number of amides is 1. The van der Waals surface area contributed by atoms with Gasteiger partial charge >= 0.3 is 0 Å². The van der Waals surface area contributed by atoms with E-state index in [4.69, 9.17) is 14.9 Å². The highest BCUT2D eigenvalue weighted by molar-refractivity contribution is 5.80. The van der Waals surface area contributed by atoms with E-state index in [0.29, 0.717) is 13.2 Å². The van der Waals surface area contributed by atoms with Crippen LogP contribution in [0.15, 0.2) is 22.8 Å². The second kappa shape index (κ2) is 7.31. The molecule has 0 saturated carbocycles. The molecule has 0 fully saturated rings. The third-order valence-electron chi connectivity index (χ3n) is 3.42. The van der Waals surface area contributed by atoms with Crippen molar-refractivity contribution in [3.05, 3.63) is 24.2 Å². The van der Waals surface area contributed by atoms with Gasteiger partial charge in [0.05, 0.1) is 19.4 Å². The molecule has 0 saturated heterocycles. The van der Waals surface area contributed by atoms with E-state index < -0.39 is 6.10 Å². The van der Waals surface area contributed by atoms with Crippen LogP contribution in [0.3, 0.4) is 0 Å². The largest absolute Gasteiger partial charge is 0.467 e. The molecule has 0 aromatic carbocycles. The fourth-order valence-electron chi connectivity index (χ4n) is 1.55. The van der Waals surface area contributed by atoms with E-state index in [1.807, 2.05) is 19.9 Å². The molecule has 1 aromatic rings. The van der Waals surface area contributed by atoms with Crippen molar-refractivity contribution in [3.63, 3.8) is 0 Å². The van der Waals surface area contributed by atoms with Crippen LogP contribution >= 0.6 is 0 Å². The first-order chi connectivity index (χ1) is 9.00. The zero-order valence-corrected chi connectivity index (χ0v) is 11.9. The maximum atomic E-state index is 11.8. The molecule has 0 bridgehead atoms. The van der Waals surface area contributed by atoms with Crippen LogP contribution in [0.25, 0.3) is 0 Å². The summed E-state index contributed by atoms with van der Waals surface area (Å²) in [5, 5.41) is 2.76. The Labute approximate surface area is 114 Å². The molecular formula is C14H24N2O3. The molecular weight excluding hydrogens is 244 g/mol. The molecule has 1 rings (SSSR count). The Morgan fingerprint density at radius 3 is 2.74 bits per heavy atom. The third kappa shape index (κ3) is 5.04. The summed E-state index contributed by atoms with van der Waals surface area (Å²) < 4.78 is 10.7. The molecule has 1 unspecified atom stereocenters. The number of nitrogens with one attached hydrogen (secondary N) is 1. The Morgan fingerprint density at radius 1 is 1.53 bits per heavy atom. The Balaban J connectivity index is 2.32.